The van der Waals surface area contributed by atoms with E-state index in [0.717, 1.165) is 6.26 Å². The van der Waals surface area contributed by atoms with Crippen molar-refractivity contribution >= 4 is 32.2 Å². The van der Waals surface area contributed by atoms with Crippen molar-refractivity contribution in [1.82, 2.24) is 4.98 Å². The van der Waals surface area contributed by atoms with E-state index in [-0.39, 0.29) is 5.04 Å². The maximum absolute atomic E-state index is 11.2. The average Bonchev–Trinajstić information content (AvgIpc) is 2.12. The predicted molar refractivity (Wildman–Crippen MR) is 66.3 cm³/mol. The summed E-state index contributed by atoms with van der Waals surface area (Å²) in [6.45, 7) is 4.99. The summed E-state index contributed by atoms with van der Waals surface area (Å²) in [5.41, 5.74) is 1.85. The summed E-state index contributed by atoms with van der Waals surface area (Å²) >= 11 is 5.90. The molecule has 1 rings (SSSR count). The molecule has 0 saturated carbocycles. The lowest BCUT2D eigenvalue weighted by Gasteiger charge is -2.04. The van der Waals surface area contributed by atoms with E-state index in [1.165, 1.54) is 6.92 Å². The smallest absolute Gasteiger partial charge is 0.188 e. The summed E-state index contributed by atoms with van der Waals surface area (Å²) in [5, 5.41) is 0.531. The van der Waals surface area contributed by atoms with E-state index in [9.17, 15) is 8.42 Å². The Bertz CT molecular complexity index is 550. The van der Waals surface area contributed by atoms with Crippen LogP contribution < -0.4 is 0 Å². The Morgan fingerprint density at radius 1 is 1.38 bits per heavy atom. The van der Waals surface area contributed by atoms with Gasteiger partial charge in [-0.2, -0.15) is 0 Å². The Kier molecular flexibility index (Phi) is 3.70. The third-order valence-electron chi connectivity index (χ3n) is 2.13. The van der Waals surface area contributed by atoms with Gasteiger partial charge in [0.2, 0.25) is 0 Å². The zero-order chi connectivity index (χ0) is 12.5. The quantitative estimate of drug-likeness (QED) is 0.576. The van der Waals surface area contributed by atoms with Gasteiger partial charge in [0.1, 0.15) is 5.04 Å². The first kappa shape index (κ1) is 13.1. The largest absolute Gasteiger partial charge is 0.255 e. The van der Waals surface area contributed by atoms with Crippen molar-refractivity contribution in [2.24, 2.45) is 4.99 Å². The summed E-state index contributed by atoms with van der Waals surface area (Å²) in [5.74, 6) is 0. The van der Waals surface area contributed by atoms with Crippen LogP contribution in [0.15, 0.2) is 11.1 Å². The molecule has 0 aliphatic rings. The first-order valence-electron chi connectivity index (χ1n) is 4.61. The molecule has 0 aliphatic carbocycles. The van der Waals surface area contributed by atoms with Crippen LogP contribution in [0.25, 0.3) is 0 Å². The molecule has 0 aliphatic heterocycles. The number of aromatic nitrogens is 1. The summed E-state index contributed by atoms with van der Waals surface area (Å²) in [7, 11) is -3.26. The van der Waals surface area contributed by atoms with E-state index in [4.69, 9.17) is 11.6 Å². The van der Waals surface area contributed by atoms with Gasteiger partial charge in [-0.15, -0.1) is 0 Å². The first-order valence-corrected chi connectivity index (χ1v) is 6.88. The summed E-state index contributed by atoms with van der Waals surface area (Å²) in [6, 6.07) is 1.62. The fourth-order valence-electron chi connectivity index (χ4n) is 1.06. The molecule has 6 heteroatoms. The minimum atomic E-state index is -3.26. The highest BCUT2D eigenvalue weighted by Gasteiger charge is 2.09. The van der Waals surface area contributed by atoms with Gasteiger partial charge < -0.3 is 0 Å². The Morgan fingerprint density at radius 2 is 1.94 bits per heavy atom. The molecule has 0 fully saturated rings. The molecule has 0 spiro atoms. The van der Waals surface area contributed by atoms with E-state index in [1.54, 1.807) is 19.9 Å². The highest BCUT2D eigenvalue weighted by atomic mass is 35.5. The summed E-state index contributed by atoms with van der Waals surface area (Å²) < 4.78 is 22.4. The lowest BCUT2D eigenvalue weighted by Crippen LogP contribution is -2.07. The molecule has 0 radical (unpaired) electrons. The Balaban J connectivity index is 3.32. The van der Waals surface area contributed by atoms with Crippen LogP contribution in [-0.4, -0.2) is 24.7 Å². The highest BCUT2D eigenvalue weighted by Crippen LogP contribution is 2.24. The molecule has 0 unspecified atom stereocenters. The lowest BCUT2D eigenvalue weighted by molar-refractivity contribution is 0.612. The standard InChI is InChI=1S/C10H13ClN2O2S/c1-6-9(11)5-10(7(2)12-6)13-8(3)16(4,14)15/h5H,1-4H3. The maximum atomic E-state index is 11.2. The van der Waals surface area contributed by atoms with E-state index in [0.29, 0.717) is 22.1 Å². The molecule has 0 atom stereocenters. The molecule has 0 amide bonds. The normalized spacial score (nSPS) is 12.9. The van der Waals surface area contributed by atoms with Crippen LogP contribution >= 0.6 is 11.6 Å². The molecular formula is C10H13ClN2O2S. The first-order chi connectivity index (χ1) is 7.21. The number of nitrogens with zero attached hydrogens (tertiary/aromatic N) is 2. The fourth-order valence-corrected chi connectivity index (χ4v) is 1.47. The van der Waals surface area contributed by atoms with Crippen molar-refractivity contribution < 1.29 is 8.42 Å². The average molecular weight is 261 g/mol. The van der Waals surface area contributed by atoms with E-state index < -0.39 is 9.84 Å². The number of aryl methyl sites for hydroxylation is 2. The van der Waals surface area contributed by atoms with E-state index >= 15 is 0 Å². The Labute approximate surface area is 100 Å². The topological polar surface area (TPSA) is 59.4 Å². The monoisotopic (exact) mass is 260 g/mol. The molecule has 0 N–H and O–H groups in total. The lowest BCUT2D eigenvalue weighted by atomic mass is 10.3. The SMILES string of the molecule is CC(=Nc1cc(Cl)c(C)nc1C)S(C)(=O)=O. The van der Waals surface area contributed by atoms with Crippen LogP contribution in [0.2, 0.25) is 5.02 Å². The van der Waals surface area contributed by atoms with Gasteiger partial charge in [-0.3, -0.25) is 4.98 Å². The molecule has 0 aromatic carbocycles. The van der Waals surface area contributed by atoms with Crippen molar-refractivity contribution in [3.05, 3.63) is 22.5 Å². The van der Waals surface area contributed by atoms with Gasteiger partial charge in [0.15, 0.2) is 9.84 Å². The predicted octanol–water partition coefficient (Wildman–Crippen LogP) is 2.45. The second-order valence-electron chi connectivity index (χ2n) is 3.56. The highest BCUT2D eigenvalue weighted by molar-refractivity contribution is 8.05. The molecule has 16 heavy (non-hydrogen) atoms. The van der Waals surface area contributed by atoms with Crippen LogP contribution in [-0.2, 0) is 9.84 Å². The maximum Gasteiger partial charge on any atom is 0.188 e. The van der Waals surface area contributed by atoms with Crippen LogP contribution in [0.3, 0.4) is 0 Å². The molecule has 1 aromatic heterocycles. The number of rotatable bonds is 1. The number of pyridine rings is 1. The van der Waals surface area contributed by atoms with Crippen molar-refractivity contribution in [2.75, 3.05) is 6.26 Å². The van der Waals surface area contributed by atoms with Gasteiger partial charge >= 0.3 is 0 Å². The second-order valence-corrected chi connectivity index (χ2v) is 6.11. The number of halogens is 1. The molecule has 0 saturated heterocycles. The van der Waals surface area contributed by atoms with Crippen molar-refractivity contribution in [2.45, 2.75) is 20.8 Å². The van der Waals surface area contributed by atoms with Gasteiger partial charge in [0, 0.05) is 6.26 Å². The number of aliphatic imine (C=N–C) groups is 1. The molecular weight excluding hydrogens is 248 g/mol. The summed E-state index contributed by atoms with van der Waals surface area (Å²) in [6.07, 6.45) is 1.12. The van der Waals surface area contributed by atoms with Crippen molar-refractivity contribution in [3.63, 3.8) is 0 Å². The Morgan fingerprint density at radius 3 is 2.44 bits per heavy atom. The third-order valence-corrected chi connectivity index (χ3v) is 3.68. The van der Waals surface area contributed by atoms with Crippen LogP contribution in [0, 0.1) is 13.8 Å². The van der Waals surface area contributed by atoms with Crippen LogP contribution in [0.5, 0.6) is 0 Å². The van der Waals surface area contributed by atoms with Crippen molar-refractivity contribution in [3.8, 4) is 0 Å². The van der Waals surface area contributed by atoms with Crippen molar-refractivity contribution in [1.29, 1.82) is 0 Å². The minimum Gasteiger partial charge on any atom is -0.255 e. The molecule has 1 heterocycles. The fraction of sp³-hybridized carbons (Fsp3) is 0.400. The van der Waals surface area contributed by atoms with Crippen LogP contribution in [0.4, 0.5) is 5.69 Å². The van der Waals surface area contributed by atoms with Gasteiger partial charge in [-0.1, -0.05) is 11.6 Å². The Hall–Kier alpha value is -0.940. The minimum absolute atomic E-state index is 0.0531. The zero-order valence-electron chi connectivity index (χ0n) is 9.57. The van der Waals surface area contributed by atoms with Gasteiger partial charge in [-0.05, 0) is 26.8 Å². The van der Waals surface area contributed by atoms with E-state index in [2.05, 4.69) is 9.98 Å². The molecule has 88 valence electrons. The third kappa shape index (κ3) is 3.02. The number of hydrogen-bond donors (Lipinski definition) is 0. The second kappa shape index (κ2) is 4.51. The molecule has 1 aromatic rings. The van der Waals surface area contributed by atoms with Gasteiger partial charge in [-0.25, -0.2) is 13.4 Å². The van der Waals surface area contributed by atoms with E-state index in [1.807, 2.05) is 0 Å². The van der Waals surface area contributed by atoms with Gasteiger partial charge in [0.05, 0.1) is 22.1 Å². The molecule has 4 nitrogen and oxygen atoms in total. The number of hydrogen-bond acceptors (Lipinski definition) is 4. The molecule has 0 bridgehead atoms. The van der Waals surface area contributed by atoms with Gasteiger partial charge in [0.25, 0.3) is 0 Å². The van der Waals surface area contributed by atoms with Crippen LogP contribution in [0.1, 0.15) is 18.3 Å². The number of sulfone groups is 1. The zero-order valence-corrected chi connectivity index (χ0v) is 11.1. The summed E-state index contributed by atoms with van der Waals surface area (Å²) in [4.78, 5) is 8.19.